The second-order valence-corrected chi connectivity index (χ2v) is 4.20. The summed E-state index contributed by atoms with van der Waals surface area (Å²) in [4.78, 5) is 5.29. The van der Waals surface area contributed by atoms with Crippen molar-refractivity contribution in [3.8, 4) is 0 Å². The second-order valence-electron chi connectivity index (χ2n) is 4.20. The molecule has 0 spiro atoms. The van der Waals surface area contributed by atoms with Gasteiger partial charge in [-0.15, -0.1) is 0 Å². The predicted octanol–water partition coefficient (Wildman–Crippen LogP) is 2.06. The summed E-state index contributed by atoms with van der Waals surface area (Å²) >= 11 is 0. The molecule has 0 bridgehead atoms. The maximum Gasteiger partial charge on any atom is 0.0575 e. The Morgan fingerprint density at radius 3 is 2.55 bits per heavy atom. The first-order valence-corrected chi connectivity index (χ1v) is 4.38. The molecule has 1 rings (SSSR count). The Labute approximate surface area is 69.5 Å². The highest BCUT2D eigenvalue weighted by Crippen LogP contribution is 2.30. The molecule has 0 aliphatic carbocycles. The van der Waals surface area contributed by atoms with Gasteiger partial charge in [-0.3, -0.25) is 0 Å². The van der Waals surface area contributed by atoms with Gasteiger partial charge in [0.25, 0.3) is 0 Å². The minimum absolute atomic E-state index is 0.229. The zero-order valence-electron chi connectivity index (χ0n) is 8.05. The molecule has 2 heteroatoms. The zero-order valence-corrected chi connectivity index (χ0v) is 8.05. The van der Waals surface area contributed by atoms with Crippen molar-refractivity contribution in [3.63, 3.8) is 0 Å². The van der Waals surface area contributed by atoms with Crippen LogP contribution in [-0.2, 0) is 4.84 Å². The smallest absolute Gasteiger partial charge is 0.0575 e. The first-order chi connectivity index (χ1) is 5.06. The Balaban J connectivity index is 2.56. The monoisotopic (exact) mass is 157 g/mol. The minimum Gasteiger partial charge on any atom is -0.302 e. The molecule has 0 amide bonds. The van der Waals surface area contributed by atoms with Gasteiger partial charge in [-0.25, -0.2) is 0 Å². The highest BCUT2D eigenvalue weighted by Gasteiger charge is 2.33. The number of rotatable bonds is 1. The van der Waals surface area contributed by atoms with E-state index in [1.165, 1.54) is 12.8 Å². The van der Waals surface area contributed by atoms with Crippen LogP contribution in [0.15, 0.2) is 0 Å². The fourth-order valence-electron chi connectivity index (χ4n) is 2.04. The van der Waals surface area contributed by atoms with Crippen LogP contribution in [0.5, 0.6) is 0 Å². The SMILES string of the molecule is CON1CCC(C)CC1(C)C. The van der Waals surface area contributed by atoms with E-state index in [9.17, 15) is 0 Å². The molecule has 1 atom stereocenters. The summed E-state index contributed by atoms with van der Waals surface area (Å²) in [7, 11) is 1.76. The van der Waals surface area contributed by atoms with Gasteiger partial charge in [0.05, 0.1) is 7.11 Å². The molecule has 0 aromatic heterocycles. The van der Waals surface area contributed by atoms with Gasteiger partial charge in [0.15, 0.2) is 0 Å². The van der Waals surface area contributed by atoms with Crippen LogP contribution in [0.4, 0.5) is 0 Å². The number of piperidine rings is 1. The van der Waals surface area contributed by atoms with Crippen molar-refractivity contribution < 1.29 is 4.84 Å². The summed E-state index contributed by atoms with van der Waals surface area (Å²) < 4.78 is 0. The van der Waals surface area contributed by atoms with Crippen molar-refractivity contribution in [2.24, 2.45) is 5.92 Å². The lowest BCUT2D eigenvalue weighted by Gasteiger charge is -2.42. The zero-order chi connectivity index (χ0) is 8.48. The molecule has 2 nitrogen and oxygen atoms in total. The van der Waals surface area contributed by atoms with Crippen LogP contribution in [0.2, 0.25) is 0 Å². The van der Waals surface area contributed by atoms with Crippen molar-refractivity contribution in [1.82, 2.24) is 5.06 Å². The summed E-state index contributed by atoms with van der Waals surface area (Å²) in [6, 6.07) is 0. The summed E-state index contributed by atoms with van der Waals surface area (Å²) in [6.07, 6.45) is 2.50. The van der Waals surface area contributed by atoms with Crippen molar-refractivity contribution in [2.75, 3.05) is 13.7 Å². The largest absolute Gasteiger partial charge is 0.302 e. The first kappa shape index (κ1) is 9.01. The molecular formula is C9H19NO. The average molecular weight is 157 g/mol. The highest BCUT2D eigenvalue weighted by molar-refractivity contribution is 4.83. The van der Waals surface area contributed by atoms with Gasteiger partial charge < -0.3 is 4.84 Å². The lowest BCUT2D eigenvalue weighted by atomic mass is 9.85. The van der Waals surface area contributed by atoms with Crippen LogP contribution < -0.4 is 0 Å². The Bertz CT molecular complexity index is 134. The third-order valence-corrected chi connectivity index (χ3v) is 2.57. The molecule has 0 aromatic carbocycles. The van der Waals surface area contributed by atoms with Crippen LogP contribution in [0.3, 0.4) is 0 Å². The second kappa shape index (κ2) is 3.11. The van der Waals surface area contributed by atoms with Crippen molar-refractivity contribution >= 4 is 0 Å². The van der Waals surface area contributed by atoms with E-state index < -0.39 is 0 Å². The maximum absolute atomic E-state index is 5.29. The molecule has 0 radical (unpaired) electrons. The third kappa shape index (κ3) is 1.94. The number of hydrogen-bond donors (Lipinski definition) is 0. The molecule has 1 heterocycles. The first-order valence-electron chi connectivity index (χ1n) is 4.38. The number of hydrogen-bond acceptors (Lipinski definition) is 2. The molecular weight excluding hydrogens is 138 g/mol. The lowest BCUT2D eigenvalue weighted by Crippen LogP contribution is -2.48. The summed E-state index contributed by atoms with van der Waals surface area (Å²) in [5.74, 6) is 0.844. The van der Waals surface area contributed by atoms with Gasteiger partial charge in [-0.1, -0.05) is 6.92 Å². The Kier molecular flexibility index (Phi) is 2.55. The van der Waals surface area contributed by atoms with Gasteiger partial charge in [0, 0.05) is 12.1 Å². The van der Waals surface area contributed by atoms with Gasteiger partial charge in [0.2, 0.25) is 0 Å². The third-order valence-electron chi connectivity index (χ3n) is 2.57. The molecule has 1 fully saturated rings. The summed E-state index contributed by atoms with van der Waals surface area (Å²) in [5.41, 5.74) is 0.229. The quantitative estimate of drug-likeness (QED) is 0.577. The maximum atomic E-state index is 5.29. The van der Waals surface area contributed by atoms with Crippen molar-refractivity contribution in [2.45, 2.75) is 39.2 Å². The Morgan fingerprint density at radius 2 is 2.09 bits per heavy atom. The van der Waals surface area contributed by atoms with Crippen LogP contribution in [0.1, 0.15) is 33.6 Å². The van der Waals surface area contributed by atoms with Crippen LogP contribution in [0.25, 0.3) is 0 Å². The molecule has 1 aliphatic heterocycles. The molecule has 0 saturated carbocycles. The molecule has 1 saturated heterocycles. The van der Waals surface area contributed by atoms with Gasteiger partial charge in [-0.2, -0.15) is 5.06 Å². The van der Waals surface area contributed by atoms with Crippen molar-refractivity contribution in [1.29, 1.82) is 0 Å². The fourth-order valence-corrected chi connectivity index (χ4v) is 2.04. The highest BCUT2D eigenvalue weighted by atomic mass is 16.7. The van der Waals surface area contributed by atoms with E-state index in [-0.39, 0.29) is 5.54 Å². The van der Waals surface area contributed by atoms with Crippen molar-refractivity contribution in [3.05, 3.63) is 0 Å². The Hall–Kier alpha value is -0.0800. The standard InChI is InChI=1S/C9H19NO/c1-8-5-6-10(11-4)9(2,3)7-8/h8H,5-7H2,1-4H3. The number of hydroxylamine groups is 2. The van der Waals surface area contributed by atoms with E-state index in [1.54, 1.807) is 7.11 Å². The number of nitrogens with zero attached hydrogens (tertiary/aromatic N) is 1. The normalized spacial score (nSPS) is 32.2. The predicted molar refractivity (Wildman–Crippen MR) is 46.2 cm³/mol. The van der Waals surface area contributed by atoms with E-state index >= 15 is 0 Å². The summed E-state index contributed by atoms with van der Waals surface area (Å²) in [6.45, 7) is 7.87. The molecule has 11 heavy (non-hydrogen) atoms. The Morgan fingerprint density at radius 1 is 1.45 bits per heavy atom. The van der Waals surface area contributed by atoms with E-state index in [0.29, 0.717) is 0 Å². The molecule has 0 aromatic rings. The molecule has 0 N–H and O–H groups in total. The molecule has 1 aliphatic rings. The summed E-state index contributed by atoms with van der Waals surface area (Å²) in [5, 5.41) is 2.09. The topological polar surface area (TPSA) is 12.5 Å². The van der Waals surface area contributed by atoms with Gasteiger partial charge in [0.1, 0.15) is 0 Å². The molecule has 1 unspecified atom stereocenters. The van der Waals surface area contributed by atoms with Gasteiger partial charge in [-0.05, 0) is 32.6 Å². The van der Waals surface area contributed by atoms with Crippen LogP contribution in [0, 0.1) is 5.92 Å². The fraction of sp³-hybridized carbons (Fsp3) is 1.00. The van der Waals surface area contributed by atoms with E-state index in [1.807, 2.05) is 0 Å². The lowest BCUT2D eigenvalue weighted by molar-refractivity contribution is -0.212. The van der Waals surface area contributed by atoms with Gasteiger partial charge >= 0.3 is 0 Å². The van der Waals surface area contributed by atoms with E-state index in [4.69, 9.17) is 4.84 Å². The van der Waals surface area contributed by atoms with E-state index in [2.05, 4.69) is 25.8 Å². The van der Waals surface area contributed by atoms with Crippen LogP contribution >= 0.6 is 0 Å². The van der Waals surface area contributed by atoms with E-state index in [0.717, 1.165) is 12.5 Å². The molecule has 66 valence electrons. The van der Waals surface area contributed by atoms with Crippen LogP contribution in [-0.4, -0.2) is 24.3 Å². The minimum atomic E-state index is 0.229. The average Bonchev–Trinajstić information content (AvgIpc) is 1.85.